The fourth-order valence-electron chi connectivity index (χ4n) is 10.3. The molecule has 0 fully saturated rings. The van der Waals surface area contributed by atoms with Crippen LogP contribution in [0.2, 0.25) is 5.02 Å². The number of hydrogen-bond acceptors (Lipinski definition) is 1. The van der Waals surface area contributed by atoms with Crippen molar-refractivity contribution in [3.8, 4) is 22.3 Å². The minimum atomic E-state index is -0.536. The van der Waals surface area contributed by atoms with Gasteiger partial charge in [-0.05, 0) is 86.0 Å². The summed E-state index contributed by atoms with van der Waals surface area (Å²) in [5.41, 5.74) is 17.0. The van der Waals surface area contributed by atoms with Gasteiger partial charge in [-0.15, -0.1) is 0 Å². The van der Waals surface area contributed by atoms with Gasteiger partial charge < -0.3 is 4.90 Å². The Labute approximate surface area is 345 Å². The van der Waals surface area contributed by atoms with Gasteiger partial charge in [0.05, 0.1) is 22.2 Å². The largest absolute Gasteiger partial charge is 0.309 e. The summed E-state index contributed by atoms with van der Waals surface area (Å²) in [6, 6.07) is 84.1. The quantitative estimate of drug-likeness (QED) is 0.156. The second kappa shape index (κ2) is 13.6. The van der Waals surface area contributed by atoms with E-state index in [4.69, 9.17) is 11.6 Å². The molecule has 0 saturated heterocycles. The maximum absolute atomic E-state index is 6.94. The van der Waals surface area contributed by atoms with Crippen LogP contribution in [0.3, 0.4) is 0 Å². The molecule has 0 spiro atoms. The van der Waals surface area contributed by atoms with Gasteiger partial charge in [-0.1, -0.05) is 212 Å². The van der Waals surface area contributed by atoms with Crippen molar-refractivity contribution in [3.05, 3.63) is 280 Å². The van der Waals surface area contributed by atoms with Gasteiger partial charge in [-0.2, -0.15) is 0 Å². The third kappa shape index (κ3) is 4.84. The predicted octanol–water partition coefficient (Wildman–Crippen LogP) is 14.5. The molecule has 0 atom stereocenters. The van der Waals surface area contributed by atoms with E-state index in [1.807, 2.05) is 6.07 Å². The molecule has 0 bridgehead atoms. The molecule has 0 saturated carbocycles. The van der Waals surface area contributed by atoms with Crippen molar-refractivity contribution in [1.82, 2.24) is 0 Å². The lowest BCUT2D eigenvalue weighted by molar-refractivity contribution is 0.768. The minimum Gasteiger partial charge on any atom is -0.309 e. The highest BCUT2D eigenvalue weighted by molar-refractivity contribution is 6.31. The number of anilines is 3. The van der Waals surface area contributed by atoms with Crippen LogP contribution >= 0.6 is 11.6 Å². The lowest BCUT2D eigenvalue weighted by Gasteiger charge is -2.35. The van der Waals surface area contributed by atoms with Crippen molar-refractivity contribution < 1.29 is 0 Å². The van der Waals surface area contributed by atoms with Crippen LogP contribution in [-0.2, 0) is 10.8 Å². The Hall–Kier alpha value is -6.93. The predicted molar refractivity (Wildman–Crippen MR) is 241 cm³/mol. The Bertz CT molecular complexity index is 2700. The van der Waals surface area contributed by atoms with Crippen LogP contribution in [0.5, 0.6) is 0 Å². The highest BCUT2D eigenvalue weighted by atomic mass is 35.5. The van der Waals surface area contributed by atoms with Gasteiger partial charge in [0, 0.05) is 21.8 Å². The third-order valence-corrected chi connectivity index (χ3v) is 12.7. The number of nitrogens with zero attached hydrogens (tertiary/aromatic N) is 1. The molecule has 2 heteroatoms. The Kier molecular flexibility index (Phi) is 8.06. The van der Waals surface area contributed by atoms with E-state index in [0.29, 0.717) is 5.02 Å². The lowest BCUT2D eigenvalue weighted by Crippen LogP contribution is -2.28. The molecule has 0 N–H and O–H groups in total. The van der Waals surface area contributed by atoms with Gasteiger partial charge in [-0.3, -0.25) is 0 Å². The summed E-state index contributed by atoms with van der Waals surface area (Å²) in [6.07, 6.45) is 0. The van der Waals surface area contributed by atoms with E-state index in [9.17, 15) is 0 Å². The first-order valence-corrected chi connectivity index (χ1v) is 20.3. The fraction of sp³-hybridized carbons (Fsp3) is 0.0357. The Morgan fingerprint density at radius 1 is 0.310 bits per heavy atom. The van der Waals surface area contributed by atoms with Crippen molar-refractivity contribution >= 4 is 28.7 Å². The Morgan fingerprint density at radius 3 is 1.05 bits per heavy atom. The molecular formula is C56H38ClN. The van der Waals surface area contributed by atoms with Crippen molar-refractivity contribution in [2.75, 3.05) is 4.90 Å². The smallest absolute Gasteiger partial charge is 0.0714 e. The highest BCUT2D eigenvalue weighted by Gasteiger charge is 2.49. The molecule has 0 amide bonds. The van der Waals surface area contributed by atoms with Crippen LogP contribution < -0.4 is 4.90 Å². The first-order valence-electron chi connectivity index (χ1n) is 20.0. The summed E-state index contributed by atoms with van der Waals surface area (Å²) in [5, 5.41) is 0.689. The number of hydrogen-bond donors (Lipinski definition) is 0. The first kappa shape index (κ1) is 34.3. The fourth-order valence-corrected chi connectivity index (χ4v) is 10.5. The molecule has 9 aromatic rings. The van der Waals surface area contributed by atoms with Crippen molar-refractivity contribution in [2.45, 2.75) is 10.8 Å². The van der Waals surface area contributed by atoms with Gasteiger partial charge in [-0.25, -0.2) is 0 Å². The average molecular weight is 760 g/mol. The molecular weight excluding hydrogens is 722 g/mol. The molecule has 0 aromatic heterocycles. The zero-order chi connectivity index (χ0) is 38.7. The van der Waals surface area contributed by atoms with E-state index >= 15 is 0 Å². The lowest BCUT2D eigenvalue weighted by atomic mass is 9.67. The van der Waals surface area contributed by atoms with E-state index in [0.717, 1.165) is 17.1 Å². The first-order chi connectivity index (χ1) is 28.7. The van der Waals surface area contributed by atoms with Gasteiger partial charge in [0.2, 0.25) is 0 Å². The van der Waals surface area contributed by atoms with Gasteiger partial charge in [0.15, 0.2) is 0 Å². The van der Waals surface area contributed by atoms with Gasteiger partial charge in [0.1, 0.15) is 0 Å². The van der Waals surface area contributed by atoms with E-state index in [2.05, 4.69) is 229 Å². The molecule has 0 radical (unpaired) electrons. The SMILES string of the molecule is Clc1cccc(N(c2cccc3c2-c2ccccc2C3(c2ccccc2)c2ccccc2)c2cccc3c2-c2ccccc2C3(c2ccccc2)c2ccccc2)c1. The summed E-state index contributed by atoms with van der Waals surface area (Å²) < 4.78 is 0. The molecule has 0 heterocycles. The average Bonchev–Trinajstić information content (AvgIpc) is 3.77. The maximum atomic E-state index is 6.94. The summed E-state index contributed by atoms with van der Waals surface area (Å²) in [7, 11) is 0. The van der Waals surface area contributed by atoms with Crippen molar-refractivity contribution in [1.29, 1.82) is 0 Å². The Morgan fingerprint density at radius 2 is 0.655 bits per heavy atom. The van der Waals surface area contributed by atoms with Gasteiger partial charge >= 0.3 is 0 Å². The number of fused-ring (bicyclic) bond motifs is 6. The molecule has 11 rings (SSSR count). The molecule has 0 unspecified atom stereocenters. The molecule has 2 aliphatic rings. The van der Waals surface area contributed by atoms with E-state index in [1.54, 1.807) is 0 Å². The summed E-state index contributed by atoms with van der Waals surface area (Å²) in [5.74, 6) is 0. The van der Waals surface area contributed by atoms with E-state index < -0.39 is 10.8 Å². The zero-order valence-electron chi connectivity index (χ0n) is 31.8. The maximum Gasteiger partial charge on any atom is 0.0714 e. The number of benzene rings is 9. The van der Waals surface area contributed by atoms with Crippen LogP contribution in [0.15, 0.2) is 231 Å². The van der Waals surface area contributed by atoms with Crippen LogP contribution in [0.1, 0.15) is 44.5 Å². The standard InChI is InChI=1S/C56H38ClN/c57-43-28-17-29-44(38-43)58(51-36-18-34-49-53(51)45-30-13-15-32-47(45)55(49,39-20-5-1-6-21-39)40-22-7-2-8-23-40)52-37-19-35-50-54(52)46-31-14-16-33-48(46)56(50,41-24-9-3-10-25-41)42-26-11-4-12-27-42/h1-38H. The van der Waals surface area contributed by atoms with Crippen LogP contribution in [-0.4, -0.2) is 0 Å². The third-order valence-electron chi connectivity index (χ3n) is 12.5. The molecule has 274 valence electrons. The van der Waals surface area contributed by atoms with Crippen molar-refractivity contribution in [3.63, 3.8) is 0 Å². The monoisotopic (exact) mass is 759 g/mol. The number of halogens is 1. The minimum absolute atomic E-state index is 0.536. The Balaban J connectivity index is 1.26. The molecule has 58 heavy (non-hydrogen) atoms. The van der Waals surface area contributed by atoms with Crippen LogP contribution in [0, 0.1) is 0 Å². The topological polar surface area (TPSA) is 3.24 Å². The van der Waals surface area contributed by atoms with E-state index in [-0.39, 0.29) is 0 Å². The van der Waals surface area contributed by atoms with Crippen LogP contribution in [0.25, 0.3) is 22.3 Å². The number of rotatable bonds is 7. The second-order valence-electron chi connectivity index (χ2n) is 15.3. The molecule has 9 aromatic carbocycles. The summed E-state index contributed by atoms with van der Waals surface area (Å²) in [6.45, 7) is 0. The summed E-state index contributed by atoms with van der Waals surface area (Å²) in [4.78, 5) is 2.47. The molecule has 2 aliphatic carbocycles. The van der Waals surface area contributed by atoms with E-state index in [1.165, 1.54) is 66.8 Å². The second-order valence-corrected chi connectivity index (χ2v) is 15.7. The molecule has 1 nitrogen and oxygen atoms in total. The summed E-state index contributed by atoms with van der Waals surface area (Å²) >= 11 is 6.94. The molecule has 0 aliphatic heterocycles. The van der Waals surface area contributed by atoms with Crippen molar-refractivity contribution in [2.24, 2.45) is 0 Å². The van der Waals surface area contributed by atoms with Gasteiger partial charge in [0.25, 0.3) is 0 Å². The van der Waals surface area contributed by atoms with Crippen LogP contribution in [0.4, 0.5) is 17.1 Å². The normalized spacial score (nSPS) is 13.9. The highest BCUT2D eigenvalue weighted by Crippen LogP contribution is 2.62. The zero-order valence-corrected chi connectivity index (χ0v) is 32.5.